The van der Waals surface area contributed by atoms with Gasteiger partial charge in [-0.05, 0) is 29.8 Å². The molecule has 1 atom stereocenters. The van der Waals surface area contributed by atoms with Crippen molar-refractivity contribution in [2.45, 2.75) is 12.3 Å². The molecule has 0 unspecified atom stereocenters. The standard InChI is InChI=1S/C13H12FNO2/c14-10-5-3-9(4-6-10)11(8-13(15)16)12-2-1-7-17-12/h1-7,11H,8H2,(H2,15,16)/t11-/m0/s1. The average molecular weight is 233 g/mol. The molecule has 0 fully saturated rings. The van der Waals surface area contributed by atoms with Gasteiger partial charge in [0.1, 0.15) is 11.6 Å². The van der Waals surface area contributed by atoms with Crippen LogP contribution in [0.1, 0.15) is 23.7 Å². The third kappa shape index (κ3) is 2.72. The Labute approximate surface area is 98.0 Å². The molecule has 0 spiro atoms. The van der Waals surface area contributed by atoms with Crippen LogP contribution in [0.4, 0.5) is 4.39 Å². The van der Waals surface area contributed by atoms with Crippen molar-refractivity contribution in [3.63, 3.8) is 0 Å². The highest BCUT2D eigenvalue weighted by atomic mass is 19.1. The number of primary amides is 1. The maximum absolute atomic E-state index is 12.8. The van der Waals surface area contributed by atoms with Crippen LogP contribution in [0.5, 0.6) is 0 Å². The lowest BCUT2D eigenvalue weighted by molar-refractivity contribution is -0.118. The second kappa shape index (κ2) is 4.82. The fraction of sp³-hybridized carbons (Fsp3) is 0.154. The molecule has 0 saturated heterocycles. The van der Waals surface area contributed by atoms with Crippen LogP contribution >= 0.6 is 0 Å². The molecular formula is C13H12FNO2. The summed E-state index contributed by atoms with van der Waals surface area (Å²) in [6.45, 7) is 0. The molecule has 1 aromatic heterocycles. The van der Waals surface area contributed by atoms with Gasteiger partial charge in [0.25, 0.3) is 0 Å². The number of amides is 1. The van der Waals surface area contributed by atoms with E-state index < -0.39 is 5.91 Å². The molecule has 17 heavy (non-hydrogen) atoms. The Morgan fingerprint density at radius 3 is 2.53 bits per heavy atom. The van der Waals surface area contributed by atoms with Crippen molar-refractivity contribution >= 4 is 5.91 Å². The number of hydrogen-bond acceptors (Lipinski definition) is 2. The van der Waals surface area contributed by atoms with Gasteiger partial charge in [-0.3, -0.25) is 4.79 Å². The largest absolute Gasteiger partial charge is 0.469 e. The third-order valence-electron chi connectivity index (χ3n) is 2.56. The zero-order valence-electron chi connectivity index (χ0n) is 9.10. The van der Waals surface area contributed by atoms with E-state index in [-0.39, 0.29) is 18.2 Å². The Morgan fingerprint density at radius 1 is 1.29 bits per heavy atom. The van der Waals surface area contributed by atoms with Crippen LogP contribution in [0.3, 0.4) is 0 Å². The van der Waals surface area contributed by atoms with E-state index in [4.69, 9.17) is 10.2 Å². The summed E-state index contributed by atoms with van der Waals surface area (Å²) in [6.07, 6.45) is 1.67. The van der Waals surface area contributed by atoms with Crippen LogP contribution in [-0.4, -0.2) is 5.91 Å². The number of nitrogens with two attached hydrogens (primary N) is 1. The molecule has 1 heterocycles. The lowest BCUT2D eigenvalue weighted by Crippen LogP contribution is -2.15. The van der Waals surface area contributed by atoms with Gasteiger partial charge in [0.15, 0.2) is 0 Å². The van der Waals surface area contributed by atoms with Crippen LogP contribution in [0, 0.1) is 5.82 Å². The molecule has 2 aromatic rings. The smallest absolute Gasteiger partial charge is 0.218 e. The summed E-state index contributed by atoms with van der Waals surface area (Å²) < 4.78 is 18.1. The number of halogens is 1. The van der Waals surface area contributed by atoms with Crippen LogP contribution in [0.2, 0.25) is 0 Å². The van der Waals surface area contributed by atoms with Crippen molar-refractivity contribution in [1.82, 2.24) is 0 Å². The zero-order valence-corrected chi connectivity index (χ0v) is 9.10. The maximum atomic E-state index is 12.8. The van der Waals surface area contributed by atoms with Gasteiger partial charge in [-0.2, -0.15) is 0 Å². The van der Waals surface area contributed by atoms with E-state index >= 15 is 0 Å². The van der Waals surface area contributed by atoms with E-state index in [0.29, 0.717) is 5.76 Å². The number of furan rings is 1. The van der Waals surface area contributed by atoms with Crippen molar-refractivity contribution in [3.8, 4) is 0 Å². The van der Waals surface area contributed by atoms with Crippen LogP contribution in [0.25, 0.3) is 0 Å². The van der Waals surface area contributed by atoms with Crippen molar-refractivity contribution in [1.29, 1.82) is 0 Å². The molecule has 0 saturated carbocycles. The Bertz CT molecular complexity index is 491. The predicted molar refractivity (Wildman–Crippen MR) is 60.8 cm³/mol. The molecule has 0 radical (unpaired) electrons. The van der Waals surface area contributed by atoms with Gasteiger partial charge in [-0.25, -0.2) is 4.39 Å². The minimum Gasteiger partial charge on any atom is -0.469 e. The lowest BCUT2D eigenvalue weighted by atomic mass is 9.93. The number of rotatable bonds is 4. The number of carbonyl (C=O) groups is 1. The highest BCUT2D eigenvalue weighted by Crippen LogP contribution is 2.28. The van der Waals surface area contributed by atoms with Crippen molar-refractivity contribution in [3.05, 3.63) is 59.8 Å². The van der Waals surface area contributed by atoms with Gasteiger partial charge >= 0.3 is 0 Å². The van der Waals surface area contributed by atoms with Crippen molar-refractivity contribution < 1.29 is 13.6 Å². The normalized spacial score (nSPS) is 12.3. The summed E-state index contributed by atoms with van der Waals surface area (Å²) in [5.74, 6) is -0.347. The molecule has 0 aliphatic rings. The first-order valence-corrected chi connectivity index (χ1v) is 5.24. The highest BCUT2D eigenvalue weighted by molar-refractivity contribution is 5.75. The fourth-order valence-corrected chi connectivity index (χ4v) is 1.77. The number of hydrogen-bond donors (Lipinski definition) is 1. The van der Waals surface area contributed by atoms with Gasteiger partial charge in [0.2, 0.25) is 5.91 Å². The summed E-state index contributed by atoms with van der Waals surface area (Å²) in [6, 6.07) is 9.49. The van der Waals surface area contributed by atoms with E-state index in [9.17, 15) is 9.18 Å². The number of benzene rings is 1. The zero-order chi connectivity index (χ0) is 12.3. The fourth-order valence-electron chi connectivity index (χ4n) is 1.77. The highest BCUT2D eigenvalue weighted by Gasteiger charge is 2.19. The summed E-state index contributed by atoms with van der Waals surface area (Å²) in [7, 11) is 0. The molecular weight excluding hydrogens is 221 g/mol. The van der Waals surface area contributed by atoms with E-state index in [2.05, 4.69) is 0 Å². The molecule has 4 heteroatoms. The van der Waals surface area contributed by atoms with E-state index in [1.807, 2.05) is 0 Å². The predicted octanol–water partition coefficient (Wildman–Crippen LogP) is 2.43. The van der Waals surface area contributed by atoms with E-state index in [0.717, 1.165) is 5.56 Å². The van der Waals surface area contributed by atoms with Gasteiger partial charge in [0, 0.05) is 6.42 Å². The van der Waals surface area contributed by atoms with Crippen LogP contribution in [0.15, 0.2) is 47.1 Å². The van der Waals surface area contributed by atoms with Gasteiger partial charge < -0.3 is 10.2 Å². The molecule has 88 valence electrons. The topological polar surface area (TPSA) is 56.2 Å². The Hall–Kier alpha value is -2.10. The van der Waals surface area contributed by atoms with Gasteiger partial charge in [0.05, 0.1) is 12.2 Å². The van der Waals surface area contributed by atoms with Gasteiger partial charge in [-0.15, -0.1) is 0 Å². The Morgan fingerprint density at radius 2 is 2.00 bits per heavy atom. The van der Waals surface area contributed by atoms with Crippen LogP contribution in [-0.2, 0) is 4.79 Å². The average Bonchev–Trinajstić information content (AvgIpc) is 2.80. The number of carbonyl (C=O) groups excluding carboxylic acids is 1. The third-order valence-corrected chi connectivity index (χ3v) is 2.56. The first-order valence-electron chi connectivity index (χ1n) is 5.24. The molecule has 0 aliphatic heterocycles. The van der Waals surface area contributed by atoms with Crippen molar-refractivity contribution in [2.75, 3.05) is 0 Å². The Balaban J connectivity index is 2.33. The monoisotopic (exact) mass is 233 g/mol. The summed E-state index contributed by atoms with van der Waals surface area (Å²) in [5, 5.41) is 0. The lowest BCUT2D eigenvalue weighted by Gasteiger charge is -2.13. The minimum atomic E-state index is -0.421. The first kappa shape index (κ1) is 11.4. The second-order valence-electron chi connectivity index (χ2n) is 3.79. The Kier molecular flexibility index (Phi) is 3.23. The summed E-state index contributed by atoms with van der Waals surface area (Å²) in [5.41, 5.74) is 6.02. The molecule has 2 rings (SSSR count). The van der Waals surface area contributed by atoms with Gasteiger partial charge in [-0.1, -0.05) is 12.1 Å². The molecule has 2 N–H and O–H groups in total. The maximum Gasteiger partial charge on any atom is 0.218 e. The summed E-state index contributed by atoms with van der Waals surface area (Å²) >= 11 is 0. The molecule has 0 bridgehead atoms. The quantitative estimate of drug-likeness (QED) is 0.881. The first-order chi connectivity index (χ1) is 8.16. The van der Waals surface area contributed by atoms with E-state index in [1.165, 1.54) is 18.4 Å². The molecule has 1 amide bonds. The SMILES string of the molecule is NC(=O)C[C@@H](c1ccc(F)cc1)c1ccco1. The molecule has 1 aromatic carbocycles. The second-order valence-corrected chi connectivity index (χ2v) is 3.79. The molecule has 3 nitrogen and oxygen atoms in total. The molecule has 0 aliphatic carbocycles. The van der Waals surface area contributed by atoms with E-state index in [1.54, 1.807) is 24.3 Å². The van der Waals surface area contributed by atoms with Crippen molar-refractivity contribution in [2.24, 2.45) is 5.73 Å². The summed E-state index contributed by atoms with van der Waals surface area (Å²) in [4.78, 5) is 11.1. The minimum absolute atomic E-state index is 0.138. The van der Waals surface area contributed by atoms with Crippen LogP contribution < -0.4 is 5.73 Å².